The molecule has 2 aromatic heterocycles. The van der Waals surface area contributed by atoms with Crippen LogP contribution in [0.4, 0.5) is 17.4 Å². The normalized spacial score (nSPS) is 13.8. The molecule has 192 valence electrons. The number of benzene rings is 3. The number of piperazine rings is 1. The highest BCUT2D eigenvalue weighted by Gasteiger charge is 2.22. The highest BCUT2D eigenvalue weighted by atomic mass is 35.5. The van der Waals surface area contributed by atoms with Crippen molar-refractivity contribution < 1.29 is 9.52 Å². The number of hydrogen-bond acceptors (Lipinski definition) is 7. The molecule has 0 saturated carbocycles. The quantitative estimate of drug-likeness (QED) is 0.234. The number of nitrogens with zero attached hydrogens (tertiary/aromatic N) is 4. The number of nitrogens with one attached hydrogen (secondary N) is 1. The minimum Gasteiger partial charge on any atom is -0.508 e. The zero-order chi connectivity index (χ0) is 23.8. The minimum atomic E-state index is 0. The number of pyridine rings is 1. The first-order valence-electron chi connectivity index (χ1n) is 11.6. The van der Waals surface area contributed by atoms with Crippen LogP contribution in [0, 0.1) is 0 Å². The molecular weight excluding hydrogens is 533 g/mol. The highest BCUT2D eigenvalue weighted by molar-refractivity contribution is 6.31. The maximum absolute atomic E-state index is 10.5. The van der Waals surface area contributed by atoms with E-state index in [0.717, 1.165) is 65.1 Å². The number of halogens is 3. The maximum atomic E-state index is 10.5. The topological polar surface area (TPSA) is 77.7 Å². The lowest BCUT2D eigenvalue weighted by atomic mass is 10.1. The molecular formula is C27H26Cl3N5O2. The van der Waals surface area contributed by atoms with Crippen molar-refractivity contribution in [1.29, 1.82) is 0 Å². The molecule has 10 heteroatoms. The average Bonchev–Trinajstić information content (AvgIpc) is 3.31. The Morgan fingerprint density at radius 2 is 1.73 bits per heavy atom. The fourth-order valence-electron chi connectivity index (χ4n) is 4.51. The number of rotatable bonds is 5. The van der Waals surface area contributed by atoms with Gasteiger partial charge in [0.05, 0.1) is 5.52 Å². The lowest BCUT2D eigenvalue weighted by Crippen LogP contribution is -2.46. The summed E-state index contributed by atoms with van der Waals surface area (Å²) >= 11 is 6.12. The van der Waals surface area contributed by atoms with E-state index in [2.05, 4.69) is 25.1 Å². The molecule has 6 rings (SSSR count). The molecule has 2 N–H and O–H groups in total. The van der Waals surface area contributed by atoms with Crippen LogP contribution in [0.1, 0.15) is 5.56 Å². The molecule has 37 heavy (non-hydrogen) atoms. The van der Waals surface area contributed by atoms with E-state index in [-0.39, 0.29) is 24.8 Å². The lowest BCUT2D eigenvalue weighted by molar-refractivity contribution is 0.242. The first-order valence-corrected chi connectivity index (χ1v) is 12.0. The smallest absolute Gasteiger partial charge is 0.298 e. The average molecular weight is 559 g/mol. The zero-order valence-electron chi connectivity index (χ0n) is 19.8. The van der Waals surface area contributed by atoms with Gasteiger partial charge in [0.15, 0.2) is 5.58 Å². The summed E-state index contributed by atoms with van der Waals surface area (Å²) in [4.78, 5) is 13.5. The summed E-state index contributed by atoms with van der Waals surface area (Å²) in [5.74, 6) is 0.295. The molecule has 1 aliphatic heterocycles. The second-order valence-corrected chi connectivity index (χ2v) is 9.15. The fourth-order valence-corrected chi connectivity index (χ4v) is 4.68. The standard InChI is InChI=1S/C27H24ClN5O2.2ClH/c28-19-5-7-21-22(9-10-29-24(21)16-19)30-20-6-8-25(34)18(15-20)17-32-11-13-33(14-12-32)27-31-23-3-1-2-4-26(23)35-27;;/h1-10,15-16,34H,11-14,17H2,(H,29,30);2*1H. The number of phenols is 1. The van der Waals surface area contributed by atoms with Crippen molar-refractivity contribution in [1.82, 2.24) is 14.9 Å². The Morgan fingerprint density at radius 1 is 0.919 bits per heavy atom. The van der Waals surface area contributed by atoms with Crippen LogP contribution in [0.2, 0.25) is 5.02 Å². The Bertz CT molecular complexity index is 1490. The second kappa shape index (κ2) is 11.4. The van der Waals surface area contributed by atoms with Gasteiger partial charge in [-0.2, -0.15) is 4.98 Å². The van der Waals surface area contributed by atoms with Gasteiger partial charge in [0, 0.05) is 66.3 Å². The van der Waals surface area contributed by atoms with E-state index < -0.39 is 0 Å². The van der Waals surface area contributed by atoms with Gasteiger partial charge in [-0.1, -0.05) is 23.7 Å². The molecule has 0 atom stereocenters. The largest absolute Gasteiger partial charge is 0.508 e. The van der Waals surface area contributed by atoms with Crippen molar-refractivity contribution in [2.75, 3.05) is 36.4 Å². The number of fused-ring (bicyclic) bond motifs is 2. The van der Waals surface area contributed by atoms with Crippen LogP contribution >= 0.6 is 36.4 Å². The Morgan fingerprint density at radius 3 is 2.54 bits per heavy atom. The molecule has 0 bridgehead atoms. The molecule has 5 aromatic rings. The van der Waals surface area contributed by atoms with Crippen molar-refractivity contribution in [3.8, 4) is 5.75 Å². The van der Waals surface area contributed by atoms with E-state index in [4.69, 9.17) is 16.0 Å². The third kappa shape index (κ3) is 5.70. The molecule has 3 heterocycles. The van der Waals surface area contributed by atoms with Gasteiger partial charge in [-0.15, -0.1) is 24.8 Å². The molecule has 1 aliphatic rings. The summed E-state index contributed by atoms with van der Waals surface area (Å²) in [6, 6.07) is 21.7. The van der Waals surface area contributed by atoms with Gasteiger partial charge in [-0.25, -0.2) is 0 Å². The molecule has 1 fully saturated rings. The Kier molecular flexibility index (Phi) is 8.29. The van der Waals surface area contributed by atoms with E-state index in [1.54, 1.807) is 12.3 Å². The van der Waals surface area contributed by atoms with Crippen LogP contribution in [0.15, 0.2) is 77.3 Å². The van der Waals surface area contributed by atoms with Crippen molar-refractivity contribution in [2.24, 2.45) is 0 Å². The summed E-state index contributed by atoms with van der Waals surface area (Å²) in [6.07, 6.45) is 1.76. The minimum absolute atomic E-state index is 0. The zero-order valence-corrected chi connectivity index (χ0v) is 22.2. The highest BCUT2D eigenvalue weighted by Crippen LogP contribution is 2.30. The second-order valence-electron chi connectivity index (χ2n) is 8.72. The number of aromatic nitrogens is 2. The number of oxazole rings is 1. The lowest BCUT2D eigenvalue weighted by Gasteiger charge is -2.33. The van der Waals surface area contributed by atoms with E-state index in [9.17, 15) is 5.11 Å². The van der Waals surface area contributed by atoms with Crippen LogP contribution in [-0.2, 0) is 6.54 Å². The summed E-state index contributed by atoms with van der Waals surface area (Å²) < 4.78 is 5.93. The Hall–Kier alpha value is -3.23. The molecule has 0 radical (unpaired) electrons. The van der Waals surface area contributed by atoms with Crippen LogP contribution in [-0.4, -0.2) is 46.2 Å². The molecule has 0 amide bonds. The van der Waals surface area contributed by atoms with Crippen LogP contribution in [0.5, 0.6) is 5.75 Å². The monoisotopic (exact) mass is 557 g/mol. The number of para-hydroxylation sites is 2. The molecule has 3 aromatic carbocycles. The van der Waals surface area contributed by atoms with Gasteiger partial charge in [-0.3, -0.25) is 9.88 Å². The van der Waals surface area contributed by atoms with Gasteiger partial charge in [-0.05, 0) is 54.6 Å². The summed E-state index contributed by atoms with van der Waals surface area (Å²) in [6.45, 7) is 4.00. The van der Waals surface area contributed by atoms with E-state index in [0.29, 0.717) is 23.3 Å². The first kappa shape index (κ1) is 26.8. The fraction of sp³-hybridized carbons (Fsp3) is 0.185. The number of phenolic OH excluding ortho intramolecular Hbond substituents is 1. The summed E-state index contributed by atoms with van der Waals surface area (Å²) in [7, 11) is 0. The number of hydrogen-bond donors (Lipinski definition) is 2. The van der Waals surface area contributed by atoms with Crippen molar-refractivity contribution >= 4 is 75.8 Å². The number of anilines is 3. The SMILES string of the molecule is Cl.Cl.Oc1ccc(Nc2ccnc3cc(Cl)ccc23)cc1CN1CCN(c2nc3ccccc3o2)CC1. The Balaban J connectivity index is 0.00000160. The van der Waals surface area contributed by atoms with Crippen LogP contribution < -0.4 is 10.2 Å². The summed E-state index contributed by atoms with van der Waals surface area (Å²) in [5.41, 5.74) is 5.25. The predicted molar refractivity (Wildman–Crippen MR) is 154 cm³/mol. The van der Waals surface area contributed by atoms with Gasteiger partial charge >= 0.3 is 0 Å². The first-order chi connectivity index (χ1) is 17.1. The third-order valence-corrected chi connectivity index (χ3v) is 6.62. The van der Waals surface area contributed by atoms with Gasteiger partial charge in [0.1, 0.15) is 11.3 Å². The van der Waals surface area contributed by atoms with E-state index in [1.807, 2.05) is 60.7 Å². The van der Waals surface area contributed by atoms with E-state index in [1.165, 1.54) is 0 Å². The van der Waals surface area contributed by atoms with Crippen LogP contribution in [0.25, 0.3) is 22.0 Å². The van der Waals surface area contributed by atoms with Gasteiger partial charge in [0.25, 0.3) is 6.01 Å². The van der Waals surface area contributed by atoms with Crippen molar-refractivity contribution in [3.63, 3.8) is 0 Å². The third-order valence-electron chi connectivity index (χ3n) is 6.38. The molecule has 7 nitrogen and oxygen atoms in total. The maximum Gasteiger partial charge on any atom is 0.298 e. The van der Waals surface area contributed by atoms with Gasteiger partial charge in [0.2, 0.25) is 0 Å². The predicted octanol–water partition coefficient (Wildman–Crippen LogP) is 6.64. The molecule has 0 unspecified atom stereocenters. The van der Waals surface area contributed by atoms with Crippen molar-refractivity contribution in [2.45, 2.75) is 6.54 Å². The van der Waals surface area contributed by atoms with Gasteiger partial charge < -0.3 is 19.7 Å². The number of aromatic hydroxyl groups is 1. The van der Waals surface area contributed by atoms with Crippen LogP contribution in [0.3, 0.4) is 0 Å². The molecule has 0 aliphatic carbocycles. The molecule has 1 saturated heterocycles. The van der Waals surface area contributed by atoms with E-state index >= 15 is 0 Å². The van der Waals surface area contributed by atoms with Crippen molar-refractivity contribution in [3.05, 3.63) is 83.5 Å². The summed E-state index contributed by atoms with van der Waals surface area (Å²) in [5, 5.41) is 15.6. The molecule has 0 spiro atoms. The Labute approximate surface area is 231 Å².